The van der Waals surface area contributed by atoms with Crippen LogP contribution in [0.3, 0.4) is 0 Å². The Balaban J connectivity index is 1.21. The highest BCUT2D eigenvalue weighted by Crippen LogP contribution is 2.42. The van der Waals surface area contributed by atoms with Crippen molar-refractivity contribution >= 4 is 28.4 Å². The van der Waals surface area contributed by atoms with Crippen molar-refractivity contribution in [1.82, 2.24) is 14.4 Å². The number of benzene rings is 3. The minimum absolute atomic E-state index is 0.0619. The number of nitrogens with zero attached hydrogens (tertiary/aromatic N) is 4. The van der Waals surface area contributed by atoms with E-state index >= 15 is 4.39 Å². The van der Waals surface area contributed by atoms with Gasteiger partial charge in [0, 0.05) is 68.7 Å². The molecule has 6 rings (SSSR count). The molecule has 246 valence electrons. The van der Waals surface area contributed by atoms with Crippen molar-refractivity contribution in [1.29, 1.82) is 0 Å². The second-order valence-electron chi connectivity index (χ2n) is 13.0. The molecule has 2 amide bonds. The monoisotopic (exact) mass is 644 g/mol. The Morgan fingerprint density at radius 1 is 0.872 bits per heavy atom. The standard InChI is InChI=1S/C37H39F3N4O3/c1-4-41-23-27(36(47)44-15-14-28(37(44,2)3)25-11-12-29(38)30(39)20-25)35(46)26-21-31(40)33(22-32(26)41)42-16-18-43(19-17-42)34(45)13-10-24-8-6-5-7-9-24/h5-9,11-12,20-23,28H,4,10,13-19H2,1-3H3. The minimum atomic E-state index is -0.945. The number of likely N-dealkylation sites (tertiary alicyclic amines) is 1. The lowest BCUT2D eigenvalue weighted by Crippen LogP contribution is -2.49. The van der Waals surface area contributed by atoms with Crippen LogP contribution in [0, 0.1) is 17.5 Å². The first-order chi connectivity index (χ1) is 22.5. The average molecular weight is 645 g/mol. The van der Waals surface area contributed by atoms with Crippen LogP contribution >= 0.6 is 0 Å². The Hall–Kier alpha value is -4.60. The van der Waals surface area contributed by atoms with Crippen LogP contribution in [0.25, 0.3) is 10.9 Å². The Bertz CT molecular complexity index is 1880. The van der Waals surface area contributed by atoms with E-state index in [0.717, 1.165) is 11.6 Å². The predicted octanol–water partition coefficient (Wildman–Crippen LogP) is 6.13. The number of hydrogen-bond acceptors (Lipinski definition) is 4. The second-order valence-corrected chi connectivity index (χ2v) is 13.0. The Kier molecular flexibility index (Phi) is 8.87. The van der Waals surface area contributed by atoms with E-state index in [9.17, 15) is 23.2 Å². The fourth-order valence-electron chi connectivity index (χ4n) is 7.21. The third-order valence-corrected chi connectivity index (χ3v) is 9.94. The molecule has 3 aromatic carbocycles. The molecule has 2 saturated heterocycles. The molecule has 3 heterocycles. The van der Waals surface area contributed by atoms with E-state index in [2.05, 4.69) is 0 Å². The van der Waals surface area contributed by atoms with E-state index in [-0.39, 0.29) is 22.8 Å². The molecule has 2 aliphatic rings. The van der Waals surface area contributed by atoms with E-state index in [1.54, 1.807) is 21.7 Å². The number of hydrogen-bond donors (Lipinski definition) is 0. The summed E-state index contributed by atoms with van der Waals surface area (Å²) in [6.45, 7) is 8.20. The summed E-state index contributed by atoms with van der Waals surface area (Å²) >= 11 is 0. The smallest absolute Gasteiger partial charge is 0.259 e. The van der Waals surface area contributed by atoms with E-state index in [1.807, 2.05) is 60.9 Å². The normalized spacial score (nSPS) is 17.8. The van der Waals surface area contributed by atoms with Gasteiger partial charge in [-0.3, -0.25) is 14.4 Å². The highest BCUT2D eigenvalue weighted by Gasteiger charge is 2.45. The first kappa shape index (κ1) is 32.3. The topological polar surface area (TPSA) is 65.9 Å². The number of aryl methyl sites for hydroxylation is 2. The number of rotatable bonds is 7. The number of halogens is 3. The molecule has 7 nitrogen and oxygen atoms in total. The van der Waals surface area contributed by atoms with Crippen molar-refractivity contribution in [2.75, 3.05) is 37.6 Å². The molecule has 2 fully saturated rings. The maximum absolute atomic E-state index is 15.7. The van der Waals surface area contributed by atoms with E-state index < -0.39 is 34.3 Å². The van der Waals surface area contributed by atoms with Crippen LogP contribution in [-0.2, 0) is 17.8 Å². The molecule has 47 heavy (non-hydrogen) atoms. The SMILES string of the molecule is CCn1cc(C(=O)N2CCC(c3ccc(F)c(F)c3)C2(C)C)c(=O)c2cc(F)c(N3CCN(C(=O)CCc4ccccc4)CC3)cc21. The predicted molar refractivity (Wildman–Crippen MR) is 176 cm³/mol. The minimum Gasteiger partial charge on any atom is -0.366 e. The zero-order valence-electron chi connectivity index (χ0n) is 26.9. The Labute approximate surface area is 272 Å². The average Bonchev–Trinajstić information content (AvgIpc) is 3.39. The van der Waals surface area contributed by atoms with Gasteiger partial charge >= 0.3 is 0 Å². The molecule has 2 aliphatic heterocycles. The van der Waals surface area contributed by atoms with Crippen molar-refractivity contribution in [3.05, 3.63) is 111 Å². The molecule has 1 aromatic heterocycles. The highest BCUT2D eigenvalue weighted by atomic mass is 19.2. The first-order valence-corrected chi connectivity index (χ1v) is 16.2. The number of anilines is 1. The molecule has 0 saturated carbocycles. The molecule has 0 aliphatic carbocycles. The molecule has 10 heteroatoms. The molecular formula is C37H39F3N4O3. The molecule has 0 N–H and O–H groups in total. The van der Waals surface area contributed by atoms with Crippen LogP contribution in [0.15, 0.2) is 71.7 Å². The molecule has 0 spiro atoms. The lowest BCUT2D eigenvalue weighted by molar-refractivity contribution is -0.131. The molecule has 0 bridgehead atoms. The lowest BCUT2D eigenvalue weighted by atomic mass is 9.82. The van der Waals surface area contributed by atoms with E-state index in [4.69, 9.17) is 0 Å². The molecule has 4 aromatic rings. The molecule has 1 unspecified atom stereocenters. The third-order valence-electron chi connectivity index (χ3n) is 9.94. The third kappa shape index (κ3) is 6.13. The summed E-state index contributed by atoms with van der Waals surface area (Å²) in [5.41, 5.74) is 1.16. The van der Waals surface area contributed by atoms with Crippen molar-refractivity contribution in [3.8, 4) is 0 Å². The van der Waals surface area contributed by atoms with Crippen LogP contribution in [0.4, 0.5) is 18.9 Å². The maximum Gasteiger partial charge on any atom is 0.259 e. The number of pyridine rings is 1. The fourth-order valence-corrected chi connectivity index (χ4v) is 7.21. The number of fused-ring (bicyclic) bond motifs is 1. The van der Waals surface area contributed by atoms with E-state index in [1.165, 1.54) is 18.2 Å². The van der Waals surface area contributed by atoms with Gasteiger partial charge in [0.25, 0.3) is 5.91 Å². The fraction of sp³-hybridized carbons (Fsp3) is 0.378. The van der Waals surface area contributed by atoms with Gasteiger partial charge in [-0.15, -0.1) is 0 Å². The zero-order chi connectivity index (χ0) is 33.5. The van der Waals surface area contributed by atoms with Crippen molar-refractivity contribution in [2.24, 2.45) is 0 Å². The summed E-state index contributed by atoms with van der Waals surface area (Å²) in [6.07, 6.45) is 3.14. The summed E-state index contributed by atoms with van der Waals surface area (Å²) < 4.78 is 45.2. The maximum atomic E-state index is 15.7. The number of carbonyl (C=O) groups is 2. The van der Waals surface area contributed by atoms with Crippen LogP contribution < -0.4 is 10.3 Å². The van der Waals surface area contributed by atoms with Gasteiger partial charge in [0.05, 0.1) is 11.2 Å². The van der Waals surface area contributed by atoms with Gasteiger partial charge in [0.1, 0.15) is 11.4 Å². The van der Waals surface area contributed by atoms with Gasteiger partial charge in [-0.25, -0.2) is 13.2 Å². The molecular weight excluding hydrogens is 605 g/mol. The lowest BCUT2D eigenvalue weighted by Gasteiger charge is -2.37. The Morgan fingerprint density at radius 3 is 2.28 bits per heavy atom. The number of piperazine rings is 1. The summed E-state index contributed by atoms with van der Waals surface area (Å²) in [5.74, 6) is -3.12. The number of aromatic nitrogens is 1. The van der Waals surface area contributed by atoms with Crippen molar-refractivity contribution in [2.45, 2.75) is 58.0 Å². The van der Waals surface area contributed by atoms with Gasteiger partial charge < -0.3 is 19.3 Å². The summed E-state index contributed by atoms with van der Waals surface area (Å²) in [4.78, 5) is 45.9. The van der Waals surface area contributed by atoms with Gasteiger partial charge in [-0.05, 0) is 69.0 Å². The van der Waals surface area contributed by atoms with Crippen molar-refractivity contribution in [3.63, 3.8) is 0 Å². The molecule has 1 atom stereocenters. The molecule has 0 radical (unpaired) electrons. The van der Waals surface area contributed by atoms with Gasteiger partial charge in [-0.1, -0.05) is 36.4 Å². The van der Waals surface area contributed by atoms with Crippen LogP contribution in [0.1, 0.15) is 61.0 Å². The van der Waals surface area contributed by atoms with Gasteiger partial charge in [-0.2, -0.15) is 0 Å². The van der Waals surface area contributed by atoms with Gasteiger partial charge in [0.2, 0.25) is 11.3 Å². The summed E-state index contributed by atoms with van der Waals surface area (Å²) in [6, 6.07) is 16.5. The van der Waals surface area contributed by atoms with Crippen molar-refractivity contribution < 1.29 is 22.8 Å². The van der Waals surface area contributed by atoms with Crippen LogP contribution in [-0.4, -0.2) is 64.4 Å². The summed E-state index contributed by atoms with van der Waals surface area (Å²) in [7, 11) is 0. The van der Waals surface area contributed by atoms with E-state index in [0.29, 0.717) is 75.3 Å². The number of amides is 2. The summed E-state index contributed by atoms with van der Waals surface area (Å²) in [5, 5.41) is 0.114. The van der Waals surface area contributed by atoms with Crippen LogP contribution in [0.2, 0.25) is 0 Å². The van der Waals surface area contributed by atoms with Gasteiger partial charge in [0.15, 0.2) is 11.6 Å². The zero-order valence-corrected chi connectivity index (χ0v) is 26.9. The first-order valence-electron chi connectivity index (χ1n) is 16.2. The number of carbonyl (C=O) groups excluding carboxylic acids is 2. The van der Waals surface area contributed by atoms with Crippen LogP contribution in [0.5, 0.6) is 0 Å². The quantitative estimate of drug-likeness (QED) is 0.243. The second kappa shape index (κ2) is 12.9. The highest BCUT2D eigenvalue weighted by molar-refractivity contribution is 5.98. The largest absolute Gasteiger partial charge is 0.366 e. The Morgan fingerprint density at radius 2 is 1.60 bits per heavy atom.